The third-order valence-corrected chi connectivity index (χ3v) is 4.00. The minimum Gasteiger partial charge on any atom is -0.330 e. The molecule has 1 aliphatic rings. The van der Waals surface area contributed by atoms with Gasteiger partial charge in [-0.25, -0.2) is 0 Å². The summed E-state index contributed by atoms with van der Waals surface area (Å²) in [5.74, 6) is 2.37. The highest BCUT2D eigenvalue weighted by Gasteiger charge is 2.31. The van der Waals surface area contributed by atoms with Crippen LogP contribution in [0.3, 0.4) is 0 Å². The molecule has 1 fully saturated rings. The van der Waals surface area contributed by atoms with Crippen LogP contribution in [0.25, 0.3) is 0 Å². The Balaban J connectivity index is 2.63. The molecule has 2 heteroatoms. The third kappa shape index (κ3) is 3.74. The van der Waals surface area contributed by atoms with Crippen LogP contribution in [0.1, 0.15) is 47.0 Å². The van der Waals surface area contributed by atoms with Crippen molar-refractivity contribution in [3.05, 3.63) is 0 Å². The second-order valence-corrected chi connectivity index (χ2v) is 5.96. The van der Waals surface area contributed by atoms with Crippen LogP contribution in [0.4, 0.5) is 0 Å². The van der Waals surface area contributed by atoms with Gasteiger partial charge in [0.1, 0.15) is 0 Å². The van der Waals surface area contributed by atoms with E-state index in [9.17, 15) is 0 Å². The molecule has 1 rings (SSSR count). The molecule has 3 atom stereocenters. The van der Waals surface area contributed by atoms with Gasteiger partial charge in [-0.2, -0.15) is 0 Å². The number of rotatable bonds is 5. The van der Waals surface area contributed by atoms with Crippen molar-refractivity contribution in [2.45, 2.75) is 53.0 Å². The fraction of sp³-hybridized carbons (Fsp3) is 1.00. The van der Waals surface area contributed by atoms with Gasteiger partial charge in [-0.3, -0.25) is 0 Å². The molecule has 2 N–H and O–H groups in total. The Morgan fingerprint density at radius 1 is 1.31 bits per heavy atom. The quantitative estimate of drug-likeness (QED) is 0.781. The van der Waals surface area contributed by atoms with Gasteiger partial charge in [-0.05, 0) is 43.7 Å². The van der Waals surface area contributed by atoms with Gasteiger partial charge in [0.15, 0.2) is 0 Å². The summed E-state index contributed by atoms with van der Waals surface area (Å²) < 4.78 is 0. The highest BCUT2D eigenvalue weighted by molar-refractivity contribution is 4.86. The molecular weight excluding hydrogens is 196 g/mol. The first-order valence-electron chi connectivity index (χ1n) is 7.02. The molecule has 16 heavy (non-hydrogen) atoms. The van der Waals surface area contributed by atoms with Crippen LogP contribution in [0.5, 0.6) is 0 Å². The first-order valence-corrected chi connectivity index (χ1v) is 7.02. The van der Waals surface area contributed by atoms with E-state index < -0.39 is 0 Å². The Morgan fingerprint density at radius 2 is 2.00 bits per heavy atom. The normalized spacial score (nSPS) is 31.3. The van der Waals surface area contributed by atoms with Crippen molar-refractivity contribution in [3.8, 4) is 0 Å². The maximum Gasteiger partial charge on any atom is 0.0138 e. The highest BCUT2D eigenvalue weighted by atomic mass is 15.2. The third-order valence-electron chi connectivity index (χ3n) is 4.00. The SMILES string of the molecule is CCN(CC(C)C)C1CC(C)CCC1CN. The summed E-state index contributed by atoms with van der Waals surface area (Å²) in [6.07, 6.45) is 4.05. The van der Waals surface area contributed by atoms with Crippen LogP contribution in [-0.2, 0) is 0 Å². The van der Waals surface area contributed by atoms with E-state index in [0.29, 0.717) is 0 Å². The maximum absolute atomic E-state index is 5.94. The van der Waals surface area contributed by atoms with Crippen LogP contribution < -0.4 is 5.73 Å². The van der Waals surface area contributed by atoms with Crippen LogP contribution in [0.15, 0.2) is 0 Å². The zero-order valence-electron chi connectivity index (χ0n) is 11.6. The van der Waals surface area contributed by atoms with Gasteiger partial charge in [-0.15, -0.1) is 0 Å². The summed E-state index contributed by atoms with van der Waals surface area (Å²) in [4.78, 5) is 2.66. The summed E-state index contributed by atoms with van der Waals surface area (Å²) in [6.45, 7) is 12.6. The van der Waals surface area contributed by atoms with E-state index in [1.807, 2.05) is 0 Å². The van der Waals surface area contributed by atoms with Gasteiger partial charge >= 0.3 is 0 Å². The lowest BCUT2D eigenvalue weighted by Gasteiger charge is -2.42. The van der Waals surface area contributed by atoms with Gasteiger partial charge in [0.25, 0.3) is 0 Å². The number of hydrogen-bond donors (Lipinski definition) is 1. The molecule has 1 saturated carbocycles. The van der Waals surface area contributed by atoms with Gasteiger partial charge < -0.3 is 10.6 Å². The second-order valence-electron chi connectivity index (χ2n) is 5.96. The van der Waals surface area contributed by atoms with Gasteiger partial charge in [0.05, 0.1) is 0 Å². The van der Waals surface area contributed by atoms with Crippen molar-refractivity contribution in [3.63, 3.8) is 0 Å². The molecule has 3 unspecified atom stereocenters. The average Bonchev–Trinajstić information content (AvgIpc) is 2.25. The zero-order valence-corrected chi connectivity index (χ0v) is 11.6. The van der Waals surface area contributed by atoms with Gasteiger partial charge in [0, 0.05) is 12.6 Å². The molecule has 0 radical (unpaired) electrons. The van der Waals surface area contributed by atoms with Crippen molar-refractivity contribution in [2.24, 2.45) is 23.5 Å². The molecule has 1 aliphatic carbocycles. The van der Waals surface area contributed by atoms with E-state index >= 15 is 0 Å². The van der Waals surface area contributed by atoms with Gasteiger partial charge in [0.2, 0.25) is 0 Å². The van der Waals surface area contributed by atoms with E-state index in [1.54, 1.807) is 0 Å². The molecule has 0 heterocycles. The Hall–Kier alpha value is -0.0800. The Labute approximate surface area is 102 Å². The number of nitrogens with two attached hydrogens (primary N) is 1. The van der Waals surface area contributed by atoms with Crippen LogP contribution >= 0.6 is 0 Å². The summed E-state index contributed by atoms with van der Waals surface area (Å²) in [6, 6.07) is 0.737. The average molecular weight is 226 g/mol. The molecule has 0 aromatic rings. The van der Waals surface area contributed by atoms with Crippen LogP contribution in [-0.4, -0.2) is 30.6 Å². The highest BCUT2D eigenvalue weighted by Crippen LogP contribution is 2.31. The lowest BCUT2D eigenvalue weighted by molar-refractivity contribution is 0.0805. The summed E-state index contributed by atoms with van der Waals surface area (Å²) >= 11 is 0. The first kappa shape index (κ1) is 14.0. The largest absolute Gasteiger partial charge is 0.330 e. The van der Waals surface area contributed by atoms with Gasteiger partial charge in [-0.1, -0.05) is 34.1 Å². The standard InChI is InChI=1S/C14H30N2/c1-5-16(10-11(2)3)14-8-12(4)6-7-13(14)9-15/h11-14H,5-10,15H2,1-4H3. The van der Waals surface area contributed by atoms with E-state index in [2.05, 4.69) is 32.6 Å². The lowest BCUT2D eigenvalue weighted by atomic mass is 9.78. The minimum absolute atomic E-state index is 0.731. The number of hydrogen-bond acceptors (Lipinski definition) is 2. The Kier molecular flexibility index (Phi) is 5.77. The summed E-state index contributed by atoms with van der Waals surface area (Å²) in [5.41, 5.74) is 5.94. The van der Waals surface area contributed by atoms with E-state index in [-0.39, 0.29) is 0 Å². The molecule has 0 spiro atoms. The monoisotopic (exact) mass is 226 g/mol. The molecule has 0 amide bonds. The van der Waals surface area contributed by atoms with Crippen molar-refractivity contribution in [2.75, 3.05) is 19.6 Å². The predicted molar refractivity (Wildman–Crippen MR) is 71.4 cm³/mol. The molecule has 0 saturated heterocycles. The van der Waals surface area contributed by atoms with E-state index in [0.717, 1.165) is 30.3 Å². The van der Waals surface area contributed by atoms with Crippen molar-refractivity contribution >= 4 is 0 Å². The molecule has 0 aromatic heterocycles. The Bertz CT molecular complexity index is 191. The Morgan fingerprint density at radius 3 is 2.50 bits per heavy atom. The van der Waals surface area contributed by atoms with Crippen LogP contribution in [0.2, 0.25) is 0 Å². The lowest BCUT2D eigenvalue weighted by Crippen LogP contribution is -2.47. The zero-order chi connectivity index (χ0) is 12.1. The predicted octanol–water partition coefficient (Wildman–Crippen LogP) is 2.73. The molecule has 0 aliphatic heterocycles. The molecule has 96 valence electrons. The topological polar surface area (TPSA) is 29.3 Å². The minimum atomic E-state index is 0.731. The smallest absolute Gasteiger partial charge is 0.0138 e. The van der Waals surface area contributed by atoms with E-state index in [4.69, 9.17) is 5.73 Å². The molecule has 0 bridgehead atoms. The van der Waals surface area contributed by atoms with Crippen LogP contribution in [0, 0.1) is 17.8 Å². The molecular formula is C14H30N2. The van der Waals surface area contributed by atoms with Crippen molar-refractivity contribution < 1.29 is 0 Å². The first-order chi connectivity index (χ1) is 7.58. The van der Waals surface area contributed by atoms with Crippen molar-refractivity contribution in [1.29, 1.82) is 0 Å². The maximum atomic E-state index is 5.94. The summed E-state index contributed by atoms with van der Waals surface area (Å²) in [5, 5.41) is 0. The molecule has 0 aromatic carbocycles. The second kappa shape index (κ2) is 6.61. The van der Waals surface area contributed by atoms with Crippen molar-refractivity contribution in [1.82, 2.24) is 4.90 Å². The number of nitrogens with zero attached hydrogens (tertiary/aromatic N) is 1. The molecule has 2 nitrogen and oxygen atoms in total. The summed E-state index contributed by atoms with van der Waals surface area (Å²) in [7, 11) is 0. The fourth-order valence-corrected chi connectivity index (χ4v) is 3.10. The fourth-order valence-electron chi connectivity index (χ4n) is 3.10. The van der Waals surface area contributed by atoms with E-state index in [1.165, 1.54) is 32.4 Å².